The monoisotopic (exact) mass is 321 g/mol. The molecule has 1 amide bonds. The number of amides is 1. The molecule has 22 heavy (non-hydrogen) atoms. The summed E-state index contributed by atoms with van der Waals surface area (Å²) in [4.78, 5) is 11.7. The highest BCUT2D eigenvalue weighted by atomic mass is 32.2. The maximum Gasteiger partial charge on any atom is 0.307 e. The Morgan fingerprint density at radius 1 is 1.18 bits per heavy atom. The smallest absolute Gasteiger partial charge is 0.307 e. The summed E-state index contributed by atoms with van der Waals surface area (Å²) in [6, 6.07) is 9.77. The number of anilines is 1. The summed E-state index contributed by atoms with van der Waals surface area (Å²) in [6.45, 7) is 1.72. The number of hydrogen-bond acceptors (Lipinski definition) is 5. The van der Waals surface area contributed by atoms with Gasteiger partial charge >= 0.3 is 5.91 Å². The molecular weight excluding hydrogens is 306 g/mol. The van der Waals surface area contributed by atoms with Crippen LogP contribution in [0, 0.1) is 0 Å². The Balaban J connectivity index is 2.04. The van der Waals surface area contributed by atoms with Crippen molar-refractivity contribution in [3.63, 3.8) is 0 Å². The standard InChI is InChI=1S/C14H15N3O4S/c1-10(15-16-14(18)13-4-3-9-21-13)11-5-7-12(8-6-11)17-22(2,19)20/h3-9,17H,1-2H3,(H,16,18)/b15-10-. The molecule has 2 rings (SSSR count). The van der Waals surface area contributed by atoms with Gasteiger partial charge in [-0.1, -0.05) is 12.1 Å². The van der Waals surface area contributed by atoms with E-state index in [9.17, 15) is 13.2 Å². The number of benzene rings is 1. The third-order valence-corrected chi connectivity index (χ3v) is 3.28. The molecule has 2 N–H and O–H groups in total. The highest BCUT2D eigenvalue weighted by Crippen LogP contribution is 2.11. The van der Waals surface area contributed by atoms with Crippen molar-refractivity contribution in [2.75, 3.05) is 11.0 Å². The minimum atomic E-state index is -3.30. The third kappa shape index (κ3) is 4.45. The van der Waals surface area contributed by atoms with Gasteiger partial charge in [-0.3, -0.25) is 9.52 Å². The SMILES string of the molecule is C/C(=N/NC(=O)c1ccco1)c1ccc(NS(C)(=O)=O)cc1. The maximum absolute atomic E-state index is 11.7. The molecule has 0 aliphatic rings. The lowest BCUT2D eigenvalue weighted by molar-refractivity contribution is 0.0927. The van der Waals surface area contributed by atoms with Gasteiger partial charge < -0.3 is 4.42 Å². The Morgan fingerprint density at radius 3 is 2.41 bits per heavy atom. The van der Waals surface area contributed by atoms with E-state index in [-0.39, 0.29) is 5.76 Å². The molecule has 0 radical (unpaired) electrons. The number of sulfonamides is 1. The van der Waals surface area contributed by atoms with E-state index in [1.54, 1.807) is 37.3 Å². The van der Waals surface area contributed by atoms with Crippen molar-refractivity contribution in [1.82, 2.24) is 5.43 Å². The van der Waals surface area contributed by atoms with E-state index in [4.69, 9.17) is 4.42 Å². The van der Waals surface area contributed by atoms with Gasteiger partial charge in [0.15, 0.2) is 5.76 Å². The first kappa shape index (κ1) is 15.8. The first-order valence-corrected chi connectivity index (χ1v) is 8.20. The highest BCUT2D eigenvalue weighted by molar-refractivity contribution is 7.92. The first-order valence-electron chi connectivity index (χ1n) is 6.31. The van der Waals surface area contributed by atoms with Crippen LogP contribution in [0.1, 0.15) is 23.0 Å². The number of rotatable bonds is 5. The molecular formula is C14H15N3O4S. The minimum absolute atomic E-state index is 0.171. The predicted octanol–water partition coefficient (Wildman–Crippen LogP) is 1.81. The van der Waals surface area contributed by atoms with Gasteiger partial charge in [-0.15, -0.1) is 0 Å². The topological polar surface area (TPSA) is 101 Å². The van der Waals surface area contributed by atoms with E-state index in [0.29, 0.717) is 11.4 Å². The Hall–Kier alpha value is -2.61. The number of nitrogens with zero attached hydrogens (tertiary/aromatic N) is 1. The number of nitrogens with one attached hydrogen (secondary N) is 2. The summed E-state index contributed by atoms with van der Waals surface area (Å²) < 4.78 is 29.6. The van der Waals surface area contributed by atoms with Crippen LogP contribution in [0.25, 0.3) is 0 Å². The Labute approximate surface area is 128 Å². The van der Waals surface area contributed by atoms with Crippen molar-refractivity contribution in [2.45, 2.75) is 6.92 Å². The van der Waals surface area contributed by atoms with Gasteiger partial charge in [-0.05, 0) is 36.8 Å². The minimum Gasteiger partial charge on any atom is -0.459 e. The molecule has 1 heterocycles. The van der Waals surface area contributed by atoms with Crippen molar-refractivity contribution in [3.8, 4) is 0 Å². The summed E-state index contributed by atoms with van der Waals surface area (Å²) >= 11 is 0. The average Bonchev–Trinajstić information content (AvgIpc) is 2.97. The van der Waals surface area contributed by atoms with Crippen molar-refractivity contribution < 1.29 is 17.6 Å². The highest BCUT2D eigenvalue weighted by Gasteiger charge is 2.07. The van der Waals surface area contributed by atoms with E-state index in [0.717, 1.165) is 11.8 Å². The lowest BCUT2D eigenvalue weighted by atomic mass is 10.1. The lowest BCUT2D eigenvalue weighted by Gasteiger charge is -2.05. The molecule has 8 heteroatoms. The van der Waals surface area contributed by atoms with E-state index < -0.39 is 15.9 Å². The van der Waals surface area contributed by atoms with Crippen LogP contribution in [0.5, 0.6) is 0 Å². The second-order valence-electron chi connectivity index (χ2n) is 4.57. The summed E-state index contributed by atoms with van der Waals surface area (Å²) in [5.74, 6) is -0.274. The Morgan fingerprint density at radius 2 is 1.86 bits per heavy atom. The van der Waals surface area contributed by atoms with Crippen LogP contribution in [-0.2, 0) is 10.0 Å². The number of hydrogen-bond donors (Lipinski definition) is 2. The van der Waals surface area contributed by atoms with Gasteiger partial charge in [0.1, 0.15) is 0 Å². The first-order chi connectivity index (χ1) is 10.3. The van der Waals surface area contributed by atoms with Crippen LogP contribution in [0.4, 0.5) is 5.69 Å². The van der Waals surface area contributed by atoms with Crippen LogP contribution < -0.4 is 10.1 Å². The molecule has 0 fully saturated rings. The molecule has 0 saturated heterocycles. The van der Waals surface area contributed by atoms with Crippen LogP contribution in [0.2, 0.25) is 0 Å². The predicted molar refractivity (Wildman–Crippen MR) is 83.3 cm³/mol. The Kier molecular flexibility index (Phi) is 4.62. The van der Waals surface area contributed by atoms with E-state index in [1.807, 2.05) is 0 Å². The fourth-order valence-electron chi connectivity index (χ4n) is 1.66. The van der Waals surface area contributed by atoms with Crippen LogP contribution in [0.15, 0.2) is 52.2 Å². The molecule has 0 saturated carbocycles. The lowest BCUT2D eigenvalue weighted by Crippen LogP contribution is -2.18. The van der Waals surface area contributed by atoms with Crippen LogP contribution in [0.3, 0.4) is 0 Å². The summed E-state index contributed by atoms with van der Waals surface area (Å²) in [5, 5.41) is 3.97. The summed E-state index contributed by atoms with van der Waals surface area (Å²) in [6.07, 6.45) is 2.48. The molecule has 0 aliphatic heterocycles. The number of hydrazone groups is 1. The van der Waals surface area contributed by atoms with Crippen molar-refractivity contribution in [1.29, 1.82) is 0 Å². The molecule has 2 aromatic rings. The molecule has 0 unspecified atom stereocenters. The zero-order chi connectivity index (χ0) is 16.2. The second-order valence-corrected chi connectivity index (χ2v) is 6.32. The van der Waals surface area contributed by atoms with Crippen molar-refractivity contribution >= 4 is 27.3 Å². The van der Waals surface area contributed by atoms with Gasteiger partial charge in [0.25, 0.3) is 0 Å². The van der Waals surface area contributed by atoms with Gasteiger partial charge in [0.05, 0.1) is 18.2 Å². The van der Waals surface area contributed by atoms with Crippen molar-refractivity contribution in [2.24, 2.45) is 5.10 Å². The van der Waals surface area contributed by atoms with Gasteiger partial charge in [0.2, 0.25) is 10.0 Å². The third-order valence-electron chi connectivity index (χ3n) is 2.68. The zero-order valence-corrected chi connectivity index (χ0v) is 12.8. The molecule has 0 aliphatic carbocycles. The normalized spacial score (nSPS) is 12.0. The number of carbonyl (C=O) groups is 1. The molecule has 0 spiro atoms. The van der Waals surface area contributed by atoms with E-state index >= 15 is 0 Å². The van der Waals surface area contributed by atoms with E-state index in [1.165, 1.54) is 12.3 Å². The molecule has 0 atom stereocenters. The molecule has 1 aromatic carbocycles. The zero-order valence-electron chi connectivity index (χ0n) is 12.0. The van der Waals surface area contributed by atoms with E-state index in [2.05, 4.69) is 15.2 Å². The molecule has 116 valence electrons. The number of furan rings is 1. The van der Waals surface area contributed by atoms with Gasteiger partial charge in [0, 0.05) is 5.69 Å². The average molecular weight is 321 g/mol. The molecule has 0 bridgehead atoms. The molecule has 1 aromatic heterocycles. The largest absolute Gasteiger partial charge is 0.459 e. The summed E-state index contributed by atoms with van der Waals surface area (Å²) in [7, 11) is -3.30. The fraction of sp³-hybridized carbons (Fsp3) is 0.143. The Bertz CT molecular complexity index is 778. The fourth-order valence-corrected chi connectivity index (χ4v) is 2.22. The van der Waals surface area contributed by atoms with Gasteiger partial charge in [-0.25, -0.2) is 13.8 Å². The van der Waals surface area contributed by atoms with Crippen LogP contribution >= 0.6 is 0 Å². The molecule has 7 nitrogen and oxygen atoms in total. The van der Waals surface area contributed by atoms with Crippen molar-refractivity contribution in [3.05, 3.63) is 54.0 Å². The summed E-state index contributed by atoms with van der Waals surface area (Å²) in [5.41, 5.74) is 4.16. The number of carbonyl (C=O) groups excluding carboxylic acids is 1. The van der Waals surface area contributed by atoms with Gasteiger partial charge in [-0.2, -0.15) is 5.10 Å². The maximum atomic E-state index is 11.7. The second kappa shape index (κ2) is 6.44. The van der Waals surface area contributed by atoms with Crippen LogP contribution in [-0.4, -0.2) is 26.3 Å². The quantitative estimate of drug-likeness (QED) is 0.647.